The van der Waals surface area contributed by atoms with Crippen molar-refractivity contribution < 1.29 is 47.7 Å². The molecule has 0 atom stereocenters. The van der Waals surface area contributed by atoms with E-state index in [1.54, 1.807) is 0 Å². The molecule has 0 amide bonds. The first kappa shape index (κ1) is 27.5. The molecule has 0 fully saturated rings. The van der Waals surface area contributed by atoms with Crippen molar-refractivity contribution in [1.29, 1.82) is 0 Å². The van der Waals surface area contributed by atoms with Crippen LogP contribution in [0.4, 0.5) is 0 Å². The van der Waals surface area contributed by atoms with Crippen LogP contribution in [-0.4, -0.2) is 63.5 Å². The summed E-state index contributed by atoms with van der Waals surface area (Å²) in [7, 11) is 5.01. The van der Waals surface area contributed by atoms with E-state index in [1.165, 1.54) is 77.0 Å². The molecule has 0 radical (unpaired) electrons. The van der Waals surface area contributed by atoms with Crippen LogP contribution in [0.15, 0.2) is 60.7 Å². The first-order valence-corrected chi connectivity index (χ1v) is 11.0. The zero-order valence-corrected chi connectivity index (χ0v) is 20.9. The summed E-state index contributed by atoms with van der Waals surface area (Å²) in [5.41, 5.74) is -0.533. The molecule has 0 bridgehead atoms. The number of ether oxygens (including phenoxy) is 4. The Balaban J connectivity index is 2.03. The van der Waals surface area contributed by atoms with Gasteiger partial charge in [0.25, 0.3) is 0 Å². The highest BCUT2D eigenvalue weighted by atomic mass is 16.5. The quantitative estimate of drug-likeness (QED) is 0.223. The van der Waals surface area contributed by atoms with Crippen LogP contribution < -0.4 is 9.47 Å². The lowest BCUT2D eigenvalue weighted by Crippen LogP contribution is -2.22. The second kappa shape index (κ2) is 11.7. The average molecular weight is 518 g/mol. The van der Waals surface area contributed by atoms with Crippen LogP contribution in [0.5, 0.6) is 11.5 Å². The molecule has 0 saturated carbocycles. The number of carbonyl (C=O) groups excluding carboxylic acids is 6. The predicted molar refractivity (Wildman–Crippen MR) is 132 cm³/mol. The molecule has 0 saturated heterocycles. The van der Waals surface area contributed by atoms with Gasteiger partial charge in [0, 0.05) is 22.3 Å². The summed E-state index contributed by atoms with van der Waals surface area (Å²) in [5.74, 6) is -5.30. The van der Waals surface area contributed by atoms with Gasteiger partial charge in [-0.1, -0.05) is 24.3 Å². The zero-order valence-electron chi connectivity index (χ0n) is 20.9. The maximum Gasteiger partial charge on any atom is 0.337 e. The second-order valence-corrected chi connectivity index (χ2v) is 7.71. The lowest BCUT2D eigenvalue weighted by atomic mass is 9.91. The SMILES string of the molecule is COC(=O)c1ccc(C(=O)C(=O)c2cc(OC)c(OC)cc2C(=O)C(=O)c2ccc(C(=O)OC)cc2)cc1. The van der Waals surface area contributed by atoms with E-state index in [1.807, 2.05) is 0 Å². The van der Waals surface area contributed by atoms with Gasteiger partial charge >= 0.3 is 11.9 Å². The van der Waals surface area contributed by atoms with Crippen LogP contribution in [0.25, 0.3) is 0 Å². The molecule has 0 aliphatic carbocycles. The van der Waals surface area contributed by atoms with E-state index >= 15 is 0 Å². The van der Waals surface area contributed by atoms with Gasteiger partial charge in [0.1, 0.15) is 0 Å². The van der Waals surface area contributed by atoms with Gasteiger partial charge < -0.3 is 18.9 Å². The van der Waals surface area contributed by atoms with Crippen LogP contribution in [0.3, 0.4) is 0 Å². The smallest absolute Gasteiger partial charge is 0.337 e. The monoisotopic (exact) mass is 518 g/mol. The molecule has 0 aliphatic heterocycles. The minimum absolute atomic E-state index is 0.0520. The molecule has 38 heavy (non-hydrogen) atoms. The van der Waals surface area contributed by atoms with Crippen molar-refractivity contribution in [3.8, 4) is 11.5 Å². The summed E-state index contributed by atoms with van der Waals surface area (Å²) < 4.78 is 19.7. The predicted octanol–water partition coefficient (Wildman–Crippen LogP) is 3.41. The van der Waals surface area contributed by atoms with Gasteiger partial charge in [-0.2, -0.15) is 0 Å². The van der Waals surface area contributed by atoms with Crippen LogP contribution in [0, 0.1) is 0 Å². The molecule has 194 valence electrons. The van der Waals surface area contributed by atoms with Crippen molar-refractivity contribution in [3.05, 3.63) is 94.0 Å². The van der Waals surface area contributed by atoms with Crippen LogP contribution in [0.1, 0.15) is 62.1 Å². The van der Waals surface area contributed by atoms with Crippen molar-refractivity contribution >= 4 is 35.1 Å². The summed E-state index contributed by atoms with van der Waals surface area (Å²) in [6.07, 6.45) is 0. The molecule has 3 aromatic carbocycles. The van der Waals surface area contributed by atoms with E-state index in [9.17, 15) is 28.8 Å². The van der Waals surface area contributed by atoms with Crippen LogP contribution in [-0.2, 0) is 9.47 Å². The van der Waals surface area contributed by atoms with E-state index in [2.05, 4.69) is 9.47 Å². The highest BCUT2D eigenvalue weighted by Gasteiger charge is 2.30. The molecule has 3 rings (SSSR count). The first-order valence-electron chi connectivity index (χ1n) is 11.0. The minimum atomic E-state index is -1.09. The highest BCUT2D eigenvalue weighted by Crippen LogP contribution is 2.32. The lowest BCUT2D eigenvalue weighted by molar-refractivity contribution is 0.0592. The number of hydrogen-bond acceptors (Lipinski definition) is 10. The van der Waals surface area contributed by atoms with E-state index < -0.39 is 35.1 Å². The summed E-state index contributed by atoms with van der Waals surface area (Å²) >= 11 is 0. The Labute approximate surface area is 217 Å². The van der Waals surface area contributed by atoms with E-state index in [4.69, 9.17) is 9.47 Å². The summed E-state index contributed by atoms with van der Waals surface area (Å²) in [4.78, 5) is 75.9. The Morgan fingerprint density at radius 2 is 0.737 bits per heavy atom. The second-order valence-electron chi connectivity index (χ2n) is 7.71. The third-order valence-electron chi connectivity index (χ3n) is 5.56. The van der Waals surface area contributed by atoms with Crippen molar-refractivity contribution in [2.45, 2.75) is 0 Å². The van der Waals surface area contributed by atoms with Crippen molar-refractivity contribution in [3.63, 3.8) is 0 Å². The van der Waals surface area contributed by atoms with E-state index in [-0.39, 0.29) is 44.9 Å². The third-order valence-corrected chi connectivity index (χ3v) is 5.56. The summed E-state index contributed by atoms with van der Waals surface area (Å²) in [5, 5.41) is 0. The molecular weight excluding hydrogens is 496 g/mol. The topological polar surface area (TPSA) is 139 Å². The Bertz CT molecular complexity index is 1320. The fraction of sp³-hybridized carbons (Fsp3) is 0.143. The van der Waals surface area contributed by atoms with Gasteiger partial charge in [0.2, 0.25) is 23.1 Å². The summed E-state index contributed by atoms with van der Waals surface area (Å²) in [6, 6.07) is 12.6. The number of benzene rings is 3. The van der Waals surface area contributed by atoms with Gasteiger partial charge in [-0.05, 0) is 36.4 Å². The number of ketones is 4. The number of Topliss-reactive ketones (excluding diaryl/α,β-unsaturated/α-hetero) is 4. The average Bonchev–Trinajstić information content (AvgIpc) is 2.98. The summed E-state index contributed by atoms with van der Waals surface area (Å²) in [6.45, 7) is 0. The highest BCUT2D eigenvalue weighted by molar-refractivity contribution is 6.54. The Hall–Kier alpha value is -5.12. The zero-order chi connectivity index (χ0) is 28.0. The van der Waals surface area contributed by atoms with Gasteiger partial charge in [-0.3, -0.25) is 19.2 Å². The molecule has 0 aliphatic rings. The van der Waals surface area contributed by atoms with Gasteiger partial charge in [-0.25, -0.2) is 9.59 Å². The molecule has 0 spiro atoms. The number of methoxy groups -OCH3 is 4. The molecule has 3 aromatic rings. The first-order chi connectivity index (χ1) is 18.2. The maximum absolute atomic E-state index is 13.3. The minimum Gasteiger partial charge on any atom is -0.493 e. The maximum atomic E-state index is 13.3. The van der Waals surface area contributed by atoms with Gasteiger partial charge in [0.15, 0.2) is 11.5 Å². The number of rotatable bonds is 10. The largest absolute Gasteiger partial charge is 0.493 e. The molecular formula is C28H22O10. The van der Waals surface area contributed by atoms with Crippen molar-refractivity contribution in [1.82, 2.24) is 0 Å². The molecule has 10 heteroatoms. The number of hydrogen-bond donors (Lipinski definition) is 0. The molecule has 0 N–H and O–H groups in total. The molecule has 0 heterocycles. The van der Waals surface area contributed by atoms with Gasteiger partial charge in [-0.15, -0.1) is 0 Å². The Morgan fingerprint density at radius 3 is 1.00 bits per heavy atom. The molecule has 0 aromatic heterocycles. The Morgan fingerprint density at radius 1 is 0.447 bits per heavy atom. The van der Waals surface area contributed by atoms with Crippen LogP contribution in [0.2, 0.25) is 0 Å². The fourth-order valence-corrected chi connectivity index (χ4v) is 3.51. The standard InChI is InChI=1S/C28H22O10/c1-35-21-13-19(25(31)23(29)15-5-9-17(10-6-15)27(33)37-3)20(14-22(21)36-2)26(32)24(30)16-7-11-18(12-8-16)28(34)38-4/h5-14H,1-4H3. The van der Waals surface area contributed by atoms with Crippen LogP contribution >= 0.6 is 0 Å². The van der Waals surface area contributed by atoms with E-state index in [0.717, 1.165) is 12.1 Å². The lowest BCUT2D eigenvalue weighted by Gasteiger charge is -2.13. The van der Waals surface area contributed by atoms with E-state index in [0.29, 0.717) is 0 Å². The normalized spacial score (nSPS) is 10.2. The van der Waals surface area contributed by atoms with Crippen molar-refractivity contribution in [2.75, 3.05) is 28.4 Å². The molecule has 0 unspecified atom stereocenters. The third kappa shape index (κ3) is 5.49. The van der Waals surface area contributed by atoms with Gasteiger partial charge in [0.05, 0.1) is 39.6 Å². The van der Waals surface area contributed by atoms with Crippen molar-refractivity contribution in [2.24, 2.45) is 0 Å². The number of carbonyl (C=O) groups is 6. The molecule has 10 nitrogen and oxygen atoms in total. The number of esters is 2. The fourth-order valence-electron chi connectivity index (χ4n) is 3.51. The Kier molecular flexibility index (Phi) is 8.49.